The highest BCUT2D eigenvalue weighted by atomic mass is 35.5. The monoisotopic (exact) mass is 436 g/mol. The second-order valence-electron chi connectivity index (χ2n) is 7.31. The number of methoxy groups -OCH3 is 1. The van der Waals surface area contributed by atoms with E-state index in [2.05, 4.69) is 5.32 Å². The Labute approximate surface area is 187 Å². The average molecular weight is 437 g/mol. The molecule has 1 aliphatic heterocycles. The number of rotatable bonds is 6. The Balaban J connectivity index is 1.73. The van der Waals surface area contributed by atoms with Gasteiger partial charge in [0.05, 0.1) is 13.7 Å². The molecule has 0 saturated carbocycles. The maximum Gasteiger partial charge on any atom is 0.162 e. The highest BCUT2D eigenvalue weighted by Crippen LogP contribution is 2.39. The zero-order chi connectivity index (χ0) is 21.8. The van der Waals surface area contributed by atoms with E-state index in [-0.39, 0.29) is 18.0 Å². The Hall–Kier alpha value is -3.02. The fraction of sp³-hybridized carbons (Fsp3) is 0.240. The molecule has 6 heteroatoms. The van der Waals surface area contributed by atoms with E-state index in [0.717, 1.165) is 28.2 Å². The summed E-state index contributed by atoms with van der Waals surface area (Å²) in [5.41, 5.74) is 3.76. The Morgan fingerprint density at radius 3 is 2.48 bits per heavy atom. The van der Waals surface area contributed by atoms with E-state index in [9.17, 15) is 5.11 Å². The van der Waals surface area contributed by atoms with Gasteiger partial charge in [-0.2, -0.15) is 0 Å². The smallest absolute Gasteiger partial charge is 0.162 e. The first-order valence-corrected chi connectivity index (χ1v) is 10.6. The summed E-state index contributed by atoms with van der Waals surface area (Å²) in [7, 11) is 1.65. The first-order chi connectivity index (χ1) is 15.1. The van der Waals surface area contributed by atoms with Gasteiger partial charge in [-0.15, -0.1) is 0 Å². The van der Waals surface area contributed by atoms with Gasteiger partial charge < -0.3 is 14.6 Å². The van der Waals surface area contributed by atoms with Crippen molar-refractivity contribution in [1.29, 1.82) is 0 Å². The molecule has 2 N–H and O–H groups in total. The van der Waals surface area contributed by atoms with Crippen LogP contribution in [-0.2, 0) is 0 Å². The molecule has 3 aromatic carbocycles. The number of benzene rings is 3. The fourth-order valence-corrected chi connectivity index (χ4v) is 3.90. The first kappa shape index (κ1) is 21.2. The summed E-state index contributed by atoms with van der Waals surface area (Å²) in [6.45, 7) is 2.39. The van der Waals surface area contributed by atoms with Crippen LogP contribution in [0.1, 0.15) is 42.2 Å². The summed E-state index contributed by atoms with van der Waals surface area (Å²) in [4.78, 5) is 4.98. The molecule has 160 valence electrons. The van der Waals surface area contributed by atoms with Gasteiger partial charge in [-0.3, -0.25) is 10.3 Å². The lowest BCUT2D eigenvalue weighted by atomic mass is 9.93. The molecule has 0 unspecified atom stereocenters. The van der Waals surface area contributed by atoms with Gasteiger partial charge in [0.1, 0.15) is 11.9 Å². The Kier molecular flexibility index (Phi) is 6.44. The number of aromatic hydroxyl groups is 1. The lowest BCUT2D eigenvalue weighted by Crippen LogP contribution is -2.33. The van der Waals surface area contributed by atoms with Gasteiger partial charge in [-0.25, -0.2) is 0 Å². The van der Waals surface area contributed by atoms with Crippen LogP contribution in [0.25, 0.3) is 0 Å². The number of phenolic OH excluding ortho intramolecular Hbond substituents is 1. The molecular weight excluding hydrogens is 412 g/mol. The second-order valence-corrected chi connectivity index (χ2v) is 7.75. The zero-order valence-corrected chi connectivity index (χ0v) is 18.3. The van der Waals surface area contributed by atoms with Crippen molar-refractivity contribution in [3.63, 3.8) is 0 Å². The summed E-state index contributed by atoms with van der Waals surface area (Å²) < 4.78 is 10.9. The molecule has 5 nitrogen and oxygen atoms in total. The maximum absolute atomic E-state index is 10.9. The van der Waals surface area contributed by atoms with Crippen LogP contribution >= 0.6 is 11.6 Å². The first-order valence-electron chi connectivity index (χ1n) is 10.3. The van der Waals surface area contributed by atoms with Crippen molar-refractivity contribution in [2.24, 2.45) is 4.99 Å². The summed E-state index contributed by atoms with van der Waals surface area (Å²) in [5, 5.41) is 15.1. The zero-order valence-electron chi connectivity index (χ0n) is 17.5. The lowest BCUT2D eigenvalue weighted by molar-refractivity contribution is 0.313. The van der Waals surface area contributed by atoms with Crippen molar-refractivity contribution in [3.05, 3.63) is 88.4 Å². The number of ether oxygens (including phenoxy) is 2. The molecule has 1 heterocycles. The summed E-state index contributed by atoms with van der Waals surface area (Å²) in [6, 6.07) is 21.0. The van der Waals surface area contributed by atoms with Crippen LogP contribution in [0, 0.1) is 0 Å². The third-order valence-corrected chi connectivity index (χ3v) is 5.61. The second kappa shape index (κ2) is 9.41. The lowest BCUT2D eigenvalue weighted by Gasteiger charge is -2.31. The van der Waals surface area contributed by atoms with E-state index < -0.39 is 0 Å². The quantitative estimate of drug-likeness (QED) is 0.522. The van der Waals surface area contributed by atoms with Crippen LogP contribution < -0.4 is 14.8 Å². The van der Waals surface area contributed by atoms with Crippen LogP contribution in [-0.4, -0.2) is 24.5 Å². The number of para-hydroxylation sites is 1. The normalized spacial score (nSPS) is 18.4. The Morgan fingerprint density at radius 1 is 1.06 bits per heavy atom. The van der Waals surface area contributed by atoms with Crippen molar-refractivity contribution in [1.82, 2.24) is 5.32 Å². The molecule has 4 rings (SSSR count). The standard InChI is InChI=1S/C25H25ClN2O3/c1-3-31-23-6-4-5-20(24(23)29)22-15-21(16-9-13-19(30-2)14-10-16)27-25(28-22)17-7-11-18(26)12-8-17/h4-14,22,25,28-29H,3,15H2,1-2H3/t22-,25+/m1/s1. The van der Waals surface area contributed by atoms with Gasteiger partial charge in [0.25, 0.3) is 0 Å². The summed E-state index contributed by atoms with van der Waals surface area (Å²) in [6.07, 6.45) is 0.350. The van der Waals surface area contributed by atoms with Gasteiger partial charge in [0.15, 0.2) is 11.5 Å². The molecule has 1 aliphatic rings. The molecule has 0 spiro atoms. The van der Waals surface area contributed by atoms with E-state index in [0.29, 0.717) is 23.8 Å². The highest BCUT2D eigenvalue weighted by molar-refractivity contribution is 6.30. The van der Waals surface area contributed by atoms with Gasteiger partial charge in [-0.05, 0) is 60.5 Å². The Bertz CT molecular complexity index is 1070. The molecule has 0 aromatic heterocycles. The highest BCUT2D eigenvalue weighted by Gasteiger charge is 2.28. The number of hydrogen-bond donors (Lipinski definition) is 2. The van der Waals surface area contributed by atoms with Gasteiger partial charge in [0, 0.05) is 28.8 Å². The van der Waals surface area contributed by atoms with Crippen molar-refractivity contribution in [3.8, 4) is 17.2 Å². The average Bonchev–Trinajstić information content (AvgIpc) is 2.81. The largest absolute Gasteiger partial charge is 0.504 e. The van der Waals surface area contributed by atoms with Crippen LogP contribution in [0.3, 0.4) is 0 Å². The van der Waals surface area contributed by atoms with Crippen LogP contribution in [0.5, 0.6) is 17.2 Å². The topological polar surface area (TPSA) is 63.1 Å². The number of nitrogens with zero attached hydrogens (tertiary/aromatic N) is 1. The predicted octanol–water partition coefficient (Wildman–Crippen LogP) is 5.68. The maximum atomic E-state index is 10.9. The minimum absolute atomic E-state index is 0.143. The number of hydrogen-bond acceptors (Lipinski definition) is 5. The third-order valence-electron chi connectivity index (χ3n) is 5.36. The molecule has 31 heavy (non-hydrogen) atoms. The molecule has 0 aliphatic carbocycles. The third kappa shape index (κ3) is 4.68. The molecule has 2 atom stereocenters. The van der Waals surface area contributed by atoms with Gasteiger partial charge in [-0.1, -0.05) is 35.9 Å². The molecular formula is C25H25ClN2O3. The molecule has 0 radical (unpaired) electrons. The summed E-state index contributed by atoms with van der Waals surface area (Å²) in [5.74, 6) is 1.44. The van der Waals surface area contributed by atoms with Crippen molar-refractivity contribution < 1.29 is 14.6 Å². The van der Waals surface area contributed by atoms with Gasteiger partial charge >= 0.3 is 0 Å². The van der Waals surface area contributed by atoms with E-state index in [4.69, 9.17) is 26.1 Å². The van der Waals surface area contributed by atoms with E-state index >= 15 is 0 Å². The van der Waals surface area contributed by atoms with Crippen LogP contribution in [0.15, 0.2) is 71.7 Å². The summed E-state index contributed by atoms with van der Waals surface area (Å²) >= 11 is 6.08. The van der Waals surface area contributed by atoms with E-state index in [1.165, 1.54) is 0 Å². The molecule has 0 bridgehead atoms. The number of halogens is 1. The van der Waals surface area contributed by atoms with Crippen molar-refractivity contribution in [2.75, 3.05) is 13.7 Å². The fourth-order valence-electron chi connectivity index (χ4n) is 3.77. The molecule has 0 fully saturated rings. The van der Waals surface area contributed by atoms with E-state index in [1.807, 2.05) is 67.6 Å². The SMILES string of the molecule is CCOc1cccc([C@H]2CC(c3ccc(OC)cc3)=N[C@H](c3ccc(Cl)cc3)N2)c1O. The predicted molar refractivity (Wildman–Crippen MR) is 123 cm³/mol. The minimum atomic E-state index is -0.275. The van der Waals surface area contributed by atoms with Crippen LogP contribution in [0.4, 0.5) is 0 Å². The van der Waals surface area contributed by atoms with E-state index in [1.54, 1.807) is 13.2 Å². The van der Waals surface area contributed by atoms with Crippen molar-refractivity contribution >= 4 is 17.3 Å². The molecule has 3 aromatic rings. The molecule has 0 saturated heterocycles. The Morgan fingerprint density at radius 2 is 1.81 bits per heavy atom. The number of phenols is 1. The molecule has 0 amide bonds. The van der Waals surface area contributed by atoms with Crippen LogP contribution in [0.2, 0.25) is 5.02 Å². The minimum Gasteiger partial charge on any atom is -0.504 e. The number of nitrogens with one attached hydrogen (secondary N) is 1. The number of aliphatic imine (C=N–C) groups is 1. The van der Waals surface area contributed by atoms with Crippen molar-refractivity contribution in [2.45, 2.75) is 25.6 Å². The van der Waals surface area contributed by atoms with Gasteiger partial charge in [0.2, 0.25) is 0 Å².